The van der Waals surface area contributed by atoms with Gasteiger partial charge < -0.3 is 5.32 Å². The Morgan fingerprint density at radius 2 is 2.27 bits per heavy atom. The van der Waals surface area contributed by atoms with E-state index in [1.807, 2.05) is 6.08 Å². The zero-order chi connectivity index (χ0) is 10.4. The topological polar surface area (TPSA) is 29.1 Å². The molecule has 2 atom stereocenters. The van der Waals surface area contributed by atoms with Gasteiger partial charge in [0, 0.05) is 11.8 Å². The third-order valence-electron chi connectivity index (χ3n) is 3.74. The second-order valence-electron chi connectivity index (χ2n) is 4.70. The fraction of sp³-hybridized carbons (Fsp3) is 0.462. The molecule has 2 nitrogen and oxygen atoms in total. The van der Waals surface area contributed by atoms with Gasteiger partial charge in [-0.05, 0) is 48.3 Å². The maximum Gasteiger partial charge on any atom is 0.251 e. The van der Waals surface area contributed by atoms with E-state index < -0.39 is 0 Å². The number of hydrogen-bond donors (Lipinski definition) is 1. The molecule has 1 aliphatic heterocycles. The van der Waals surface area contributed by atoms with Crippen molar-refractivity contribution in [2.45, 2.75) is 26.2 Å². The van der Waals surface area contributed by atoms with Crippen LogP contribution in [0.15, 0.2) is 35.1 Å². The predicted molar refractivity (Wildman–Crippen MR) is 58.9 cm³/mol. The molecule has 3 aliphatic rings. The Morgan fingerprint density at radius 1 is 1.40 bits per heavy atom. The molecular formula is C13H15NO. The molecule has 0 saturated carbocycles. The molecule has 2 heteroatoms. The molecule has 2 unspecified atom stereocenters. The molecule has 78 valence electrons. The van der Waals surface area contributed by atoms with Crippen LogP contribution in [-0.4, -0.2) is 5.91 Å². The van der Waals surface area contributed by atoms with Crippen LogP contribution in [0.3, 0.4) is 0 Å². The average Bonchev–Trinajstić information content (AvgIpc) is 2.43. The first kappa shape index (κ1) is 8.96. The van der Waals surface area contributed by atoms with Crippen molar-refractivity contribution in [2.24, 2.45) is 11.8 Å². The van der Waals surface area contributed by atoms with Crippen LogP contribution in [0.1, 0.15) is 26.2 Å². The van der Waals surface area contributed by atoms with E-state index in [-0.39, 0.29) is 5.91 Å². The van der Waals surface area contributed by atoms with Crippen molar-refractivity contribution in [1.29, 1.82) is 0 Å². The van der Waals surface area contributed by atoms with E-state index >= 15 is 0 Å². The Morgan fingerprint density at radius 3 is 3.13 bits per heavy atom. The van der Waals surface area contributed by atoms with Crippen LogP contribution in [0, 0.1) is 11.8 Å². The van der Waals surface area contributed by atoms with Crippen LogP contribution < -0.4 is 5.32 Å². The maximum absolute atomic E-state index is 11.9. The second-order valence-corrected chi connectivity index (χ2v) is 4.70. The van der Waals surface area contributed by atoms with Gasteiger partial charge in [0.1, 0.15) is 0 Å². The van der Waals surface area contributed by atoms with Crippen LogP contribution in [0.5, 0.6) is 0 Å². The van der Waals surface area contributed by atoms with E-state index in [1.54, 1.807) is 6.20 Å². The van der Waals surface area contributed by atoms with Crippen LogP contribution in [0.25, 0.3) is 0 Å². The van der Waals surface area contributed by atoms with Gasteiger partial charge in [-0.15, -0.1) is 0 Å². The summed E-state index contributed by atoms with van der Waals surface area (Å²) in [4.78, 5) is 11.9. The SMILES string of the molecule is CC1CC2CCC=C3C=CNC(=O)C1=C32. The molecule has 15 heavy (non-hydrogen) atoms. The summed E-state index contributed by atoms with van der Waals surface area (Å²) in [7, 11) is 0. The Balaban J connectivity index is 2.19. The van der Waals surface area contributed by atoms with Crippen LogP contribution in [-0.2, 0) is 4.79 Å². The van der Waals surface area contributed by atoms with Gasteiger partial charge in [-0.1, -0.05) is 13.0 Å². The van der Waals surface area contributed by atoms with Gasteiger partial charge in [-0.3, -0.25) is 4.79 Å². The normalized spacial score (nSPS) is 33.4. The third-order valence-corrected chi connectivity index (χ3v) is 3.74. The van der Waals surface area contributed by atoms with E-state index in [0.717, 1.165) is 18.4 Å². The minimum atomic E-state index is 0.113. The minimum absolute atomic E-state index is 0.113. The molecule has 0 aromatic heterocycles. The highest BCUT2D eigenvalue weighted by Crippen LogP contribution is 2.46. The second kappa shape index (κ2) is 3.09. The highest BCUT2D eigenvalue weighted by atomic mass is 16.1. The van der Waals surface area contributed by atoms with Gasteiger partial charge in [0.15, 0.2) is 0 Å². The standard InChI is InChI=1S/C13H15NO/c1-8-7-10-4-2-3-9-5-6-14-13(15)11(8)12(9)10/h3,5-6,8,10H,2,4,7H2,1H3,(H,14,15). The number of nitrogens with one attached hydrogen (secondary N) is 1. The summed E-state index contributed by atoms with van der Waals surface area (Å²) >= 11 is 0. The maximum atomic E-state index is 11.9. The lowest BCUT2D eigenvalue weighted by atomic mass is 9.84. The Hall–Kier alpha value is -1.31. The van der Waals surface area contributed by atoms with E-state index in [4.69, 9.17) is 0 Å². The molecule has 1 heterocycles. The highest BCUT2D eigenvalue weighted by Gasteiger charge is 2.37. The van der Waals surface area contributed by atoms with Crippen molar-refractivity contribution in [3.8, 4) is 0 Å². The molecule has 1 amide bonds. The zero-order valence-electron chi connectivity index (χ0n) is 8.92. The number of carbonyl (C=O) groups is 1. The fourth-order valence-corrected chi connectivity index (χ4v) is 3.14. The third kappa shape index (κ3) is 1.21. The number of amides is 1. The molecular weight excluding hydrogens is 186 g/mol. The summed E-state index contributed by atoms with van der Waals surface area (Å²) in [5.41, 5.74) is 3.65. The van der Waals surface area contributed by atoms with E-state index in [2.05, 4.69) is 18.3 Å². The van der Waals surface area contributed by atoms with Crippen molar-refractivity contribution >= 4 is 5.91 Å². The van der Waals surface area contributed by atoms with Gasteiger partial charge in [0.25, 0.3) is 5.91 Å². The highest BCUT2D eigenvalue weighted by molar-refractivity contribution is 5.97. The quantitative estimate of drug-likeness (QED) is 0.640. The summed E-state index contributed by atoms with van der Waals surface area (Å²) in [5.74, 6) is 1.16. The van der Waals surface area contributed by atoms with Gasteiger partial charge in [-0.25, -0.2) is 0 Å². The van der Waals surface area contributed by atoms with Crippen molar-refractivity contribution in [3.63, 3.8) is 0 Å². The van der Waals surface area contributed by atoms with Crippen LogP contribution >= 0.6 is 0 Å². The first-order valence-corrected chi connectivity index (χ1v) is 5.69. The fourth-order valence-electron chi connectivity index (χ4n) is 3.14. The molecule has 0 radical (unpaired) electrons. The molecule has 0 aromatic rings. The van der Waals surface area contributed by atoms with E-state index in [9.17, 15) is 4.79 Å². The Labute approximate surface area is 89.7 Å². The van der Waals surface area contributed by atoms with Crippen molar-refractivity contribution in [3.05, 3.63) is 35.1 Å². The summed E-state index contributed by atoms with van der Waals surface area (Å²) in [5, 5.41) is 2.84. The van der Waals surface area contributed by atoms with Gasteiger partial charge in [0.2, 0.25) is 0 Å². The summed E-state index contributed by atoms with van der Waals surface area (Å²) < 4.78 is 0. The first-order valence-electron chi connectivity index (χ1n) is 5.69. The number of hydrogen-bond acceptors (Lipinski definition) is 1. The monoisotopic (exact) mass is 201 g/mol. The molecule has 0 spiro atoms. The van der Waals surface area contributed by atoms with Crippen molar-refractivity contribution in [2.75, 3.05) is 0 Å². The lowest BCUT2D eigenvalue weighted by molar-refractivity contribution is -0.117. The van der Waals surface area contributed by atoms with E-state index in [0.29, 0.717) is 11.8 Å². The van der Waals surface area contributed by atoms with E-state index in [1.165, 1.54) is 17.6 Å². The molecule has 0 fully saturated rings. The largest absolute Gasteiger partial charge is 0.329 e. The lowest BCUT2D eigenvalue weighted by Gasteiger charge is -2.20. The van der Waals surface area contributed by atoms with Gasteiger partial charge in [0.05, 0.1) is 0 Å². The minimum Gasteiger partial charge on any atom is -0.329 e. The summed E-state index contributed by atoms with van der Waals surface area (Å²) in [6.45, 7) is 2.17. The molecule has 0 saturated heterocycles. The molecule has 0 bridgehead atoms. The van der Waals surface area contributed by atoms with Crippen molar-refractivity contribution in [1.82, 2.24) is 5.32 Å². The smallest absolute Gasteiger partial charge is 0.251 e. The zero-order valence-corrected chi connectivity index (χ0v) is 8.92. The van der Waals surface area contributed by atoms with Crippen LogP contribution in [0.4, 0.5) is 0 Å². The predicted octanol–water partition coefficient (Wildman–Crippen LogP) is 2.30. The molecule has 3 rings (SSSR count). The summed E-state index contributed by atoms with van der Waals surface area (Å²) in [6, 6.07) is 0. The Bertz CT molecular complexity index is 414. The Kier molecular flexibility index (Phi) is 1.84. The van der Waals surface area contributed by atoms with Crippen LogP contribution in [0.2, 0.25) is 0 Å². The summed E-state index contributed by atoms with van der Waals surface area (Å²) in [6.07, 6.45) is 9.62. The van der Waals surface area contributed by atoms with Crippen molar-refractivity contribution < 1.29 is 4.79 Å². The van der Waals surface area contributed by atoms with Gasteiger partial charge in [-0.2, -0.15) is 0 Å². The lowest BCUT2D eigenvalue weighted by Crippen LogP contribution is -2.21. The number of rotatable bonds is 0. The average molecular weight is 201 g/mol. The molecule has 0 aromatic carbocycles. The first-order chi connectivity index (χ1) is 7.27. The number of carbonyl (C=O) groups excluding carboxylic acids is 1. The number of allylic oxidation sites excluding steroid dienone is 4. The molecule has 1 N–H and O–H groups in total. The molecule has 2 aliphatic carbocycles. The van der Waals surface area contributed by atoms with Gasteiger partial charge >= 0.3 is 0 Å².